The van der Waals surface area contributed by atoms with Crippen molar-refractivity contribution < 1.29 is 9.59 Å². The fraction of sp³-hybridized carbons (Fsp3) is 0.200. The lowest BCUT2D eigenvalue weighted by Crippen LogP contribution is -2.41. The van der Waals surface area contributed by atoms with Crippen molar-refractivity contribution in [3.63, 3.8) is 0 Å². The number of halogens is 1. The van der Waals surface area contributed by atoms with Gasteiger partial charge in [-0.1, -0.05) is 17.7 Å². The molecule has 1 aliphatic carbocycles. The van der Waals surface area contributed by atoms with Crippen LogP contribution in [0.25, 0.3) is 0 Å². The van der Waals surface area contributed by atoms with E-state index in [1.54, 1.807) is 24.3 Å². The standard InChI is InChI=1S/C15H13ClN2O2S/c16-11-5-1-4-10(7-11)14(19)17-18-15(20)13-8-9-3-2-6-12(9)21-13/h1,4-5,7-8H,2-3,6H2,(H,17,19)(H,18,20). The van der Waals surface area contributed by atoms with Crippen molar-refractivity contribution in [1.82, 2.24) is 10.9 Å². The summed E-state index contributed by atoms with van der Waals surface area (Å²) in [5, 5.41) is 0.476. The molecule has 0 saturated carbocycles. The first kappa shape index (κ1) is 14.1. The summed E-state index contributed by atoms with van der Waals surface area (Å²) < 4.78 is 0. The van der Waals surface area contributed by atoms with E-state index >= 15 is 0 Å². The van der Waals surface area contributed by atoms with Gasteiger partial charge >= 0.3 is 0 Å². The molecule has 0 radical (unpaired) electrons. The third-order valence-corrected chi connectivity index (χ3v) is 4.82. The third kappa shape index (κ3) is 3.09. The molecule has 4 nitrogen and oxygen atoms in total. The van der Waals surface area contributed by atoms with Crippen molar-refractivity contribution in [3.8, 4) is 0 Å². The Hall–Kier alpha value is -1.85. The summed E-state index contributed by atoms with van der Waals surface area (Å²) in [5.41, 5.74) is 6.49. The van der Waals surface area contributed by atoms with E-state index in [0.29, 0.717) is 15.5 Å². The number of rotatable bonds is 2. The Morgan fingerprint density at radius 3 is 2.67 bits per heavy atom. The van der Waals surface area contributed by atoms with E-state index in [9.17, 15) is 9.59 Å². The van der Waals surface area contributed by atoms with E-state index in [-0.39, 0.29) is 5.91 Å². The average Bonchev–Trinajstić information content (AvgIpc) is 3.05. The molecule has 2 aromatic rings. The Bertz CT molecular complexity index is 690. The minimum Gasteiger partial charge on any atom is -0.267 e. The molecule has 1 heterocycles. The summed E-state index contributed by atoms with van der Waals surface area (Å²) in [6.45, 7) is 0. The smallest absolute Gasteiger partial charge is 0.267 e. The third-order valence-electron chi connectivity index (χ3n) is 3.35. The maximum atomic E-state index is 12.0. The van der Waals surface area contributed by atoms with Crippen molar-refractivity contribution in [2.24, 2.45) is 0 Å². The molecule has 1 aromatic heterocycles. The summed E-state index contributed by atoms with van der Waals surface area (Å²) in [5.74, 6) is -0.681. The second-order valence-electron chi connectivity index (χ2n) is 4.83. The van der Waals surface area contributed by atoms with Crippen LogP contribution in [0, 0.1) is 0 Å². The number of carbonyl (C=O) groups excluding carboxylic acids is 2. The first-order valence-electron chi connectivity index (χ1n) is 6.61. The van der Waals surface area contributed by atoms with Gasteiger partial charge in [-0.2, -0.15) is 0 Å². The van der Waals surface area contributed by atoms with Gasteiger partial charge in [0, 0.05) is 15.5 Å². The van der Waals surface area contributed by atoms with E-state index in [2.05, 4.69) is 10.9 Å². The molecule has 0 aliphatic heterocycles. The predicted octanol–water partition coefficient (Wildman–Crippen LogP) is 2.97. The zero-order valence-electron chi connectivity index (χ0n) is 11.1. The monoisotopic (exact) mass is 320 g/mol. The minimum absolute atomic E-state index is 0.287. The van der Waals surface area contributed by atoms with Gasteiger partial charge < -0.3 is 0 Å². The zero-order valence-corrected chi connectivity index (χ0v) is 12.7. The molecule has 2 N–H and O–H groups in total. The van der Waals surface area contributed by atoms with Crippen LogP contribution in [0.4, 0.5) is 0 Å². The molecule has 0 saturated heterocycles. The lowest BCUT2D eigenvalue weighted by molar-refractivity contribution is 0.0849. The Kier molecular flexibility index (Phi) is 3.94. The fourth-order valence-electron chi connectivity index (χ4n) is 2.32. The number of nitrogens with one attached hydrogen (secondary N) is 2. The van der Waals surface area contributed by atoms with Crippen molar-refractivity contribution in [2.75, 3.05) is 0 Å². The molecular weight excluding hydrogens is 308 g/mol. The van der Waals surface area contributed by atoms with E-state index in [1.165, 1.54) is 21.8 Å². The summed E-state index contributed by atoms with van der Waals surface area (Å²) >= 11 is 7.32. The topological polar surface area (TPSA) is 58.2 Å². The molecule has 0 atom stereocenters. The van der Waals surface area contributed by atoms with E-state index in [0.717, 1.165) is 19.3 Å². The number of hydrazine groups is 1. The van der Waals surface area contributed by atoms with E-state index in [1.807, 2.05) is 6.07 Å². The second-order valence-corrected chi connectivity index (χ2v) is 6.40. The number of benzene rings is 1. The van der Waals surface area contributed by atoms with Gasteiger partial charge in [0.2, 0.25) is 0 Å². The van der Waals surface area contributed by atoms with Crippen molar-refractivity contribution in [1.29, 1.82) is 0 Å². The molecule has 6 heteroatoms. The van der Waals surface area contributed by atoms with Crippen LogP contribution in [0.15, 0.2) is 30.3 Å². The van der Waals surface area contributed by atoms with Gasteiger partial charge in [0.1, 0.15) is 0 Å². The number of carbonyl (C=O) groups is 2. The van der Waals surface area contributed by atoms with Crippen LogP contribution >= 0.6 is 22.9 Å². The highest BCUT2D eigenvalue weighted by atomic mass is 35.5. The average molecular weight is 321 g/mol. The second kappa shape index (κ2) is 5.87. The van der Waals surface area contributed by atoms with Gasteiger partial charge in [-0.05, 0) is 49.1 Å². The van der Waals surface area contributed by atoms with Crippen LogP contribution in [0.1, 0.15) is 36.9 Å². The molecule has 1 aromatic carbocycles. The summed E-state index contributed by atoms with van der Waals surface area (Å²) in [6.07, 6.45) is 3.24. The number of aryl methyl sites for hydroxylation is 2. The highest BCUT2D eigenvalue weighted by Gasteiger charge is 2.18. The highest BCUT2D eigenvalue weighted by molar-refractivity contribution is 7.14. The predicted molar refractivity (Wildman–Crippen MR) is 82.7 cm³/mol. The van der Waals surface area contributed by atoms with Crippen molar-refractivity contribution >= 4 is 34.8 Å². The number of hydrogen-bond donors (Lipinski definition) is 2. The van der Waals surface area contributed by atoms with Crippen LogP contribution in [0.5, 0.6) is 0 Å². The normalized spacial score (nSPS) is 12.8. The molecule has 2 amide bonds. The number of hydrogen-bond acceptors (Lipinski definition) is 3. The molecule has 3 rings (SSSR count). The summed E-state index contributed by atoms with van der Waals surface area (Å²) in [6, 6.07) is 8.46. The lowest BCUT2D eigenvalue weighted by Gasteiger charge is -2.06. The molecule has 0 bridgehead atoms. The van der Waals surface area contributed by atoms with Gasteiger partial charge in [-0.3, -0.25) is 20.4 Å². The minimum atomic E-state index is -0.394. The van der Waals surface area contributed by atoms with Crippen molar-refractivity contribution in [2.45, 2.75) is 19.3 Å². The van der Waals surface area contributed by atoms with Crippen LogP contribution in [-0.2, 0) is 12.8 Å². The van der Waals surface area contributed by atoms with Gasteiger partial charge in [-0.25, -0.2) is 0 Å². The number of thiophene rings is 1. The van der Waals surface area contributed by atoms with Crippen molar-refractivity contribution in [3.05, 3.63) is 56.2 Å². The molecule has 1 aliphatic rings. The molecule has 108 valence electrons. The number of fused-ring (bicyclic) bond motifs is 1. The molecule has 21 heavy (non-hydrogen) atoms. The molecule has 0 fully saturated rings. The van der Waals surface area contributed by atoms with Gasteiger partial charge in [0.05, 0.1) is 4.88 Å². The summed E-state index contributed by atoms with van der Waals surface area (Å²) in [7, 11) is 0. The maximum Gasteiger partial charge on any atom is 0.279 e. The maximum absolute atomic E-state index is 12.0. The highest BCUT2D eigenvalue weighted by Crippen LogP contribution is 2.30. The first-order valence-corrected chi connectivity index (χ1v) is 7.81. The Balaban J connectivity index is 1.61. The van der Waals surface area contributed by atoms with E-state index in [4.69, 9.17) is 11.6 Å². The fourth-order valence-corrected chi connectivity index (χ4v) is 3.66. The van der Waals surface area contributed by atoms with Crippen LogP contribution in [0.2, 0.25) is 5.02 Å². The SMILES string of the molecule is O=C(NNC(=O)c1cc2c(s1)CCC2)c1cccc(Cl)c1. The summed E-state index contributed by atoms with van der Waals surface area (Å²) in [4.78, 5) is 25.8. The molecule has 0 spiro atoms. The Morgan fingerprint density at radius 1 is 1.10 bits per heavy atom. The van der Waals surface area contributed by atoms with Gasteiger partial charge in [0.25, 0.3) is 11.8 Å². The first-order chi connectivity index (χ1) is 10.1. The largest absolute Gasteiger partial charge is 0.279 e. The van der Waals surface area contributed by atoms with Gasteiger partial charge in [-0.15, -0.1) is 11.3 Å². The quantitative estimate of drug-likeness (QED) is 0.836. The van der Waals surface area contributed by atoms with E-state index < -0.39 is 5.91 Å². The molecule has 0 unspecified atom stereocenters. The molecular formula is C15H13ClN2O2S. The Morgan fingerprint density at radius 2 is 1.90 bits per heavy atom. The Labute approximate surface area is 131 Å². The van der Waals surface area contributed by atoms with Crippen LogP contribution in [-0.4, -0.2) is 11.8 Å². The van der Waals surface area contributed by atoms with Gasteiger partial charge in [0.15, 0.2) is 0 Å². The number of amides is 2. The lowest BCUT2D eigenvalue weighted by atomic mass is 10.2. The van der Waals surface area contributed by atoms with Crippen LogP contribution in [0.3, 0.4) is 0 Å². The zero-order chi connectivity index (χ0) is 14.8. The van der Waals surface area contributed by atoms with Crippen LogP contribution < -0.4 is 10.9 Å².